The van der Waals surface area contributed by atoms with Crippen molar-refractivity contribution in [1.82, 2.24) is 0 Å². The number of fused-ring (bicyclic) bond motifs is 2. The van der Waals surface area contributed by atoms with Gasteiger partial charge in [0.25, 0.3) is 0 Å². The topological polar surface area (TPSA) is 49.8 Å². The van der Waals surface area contributed by atoms with Crippen LogP contribution in [-0.2, 0) is 9.53 Å². The maximum atomic E-state index is 11.8. The molecule has 1 aliphatic heterocycles. The highest BCUT2D eigenvalue weighted by molar-refractivity contribution is 5.71. The second-order valence-electron chi connectivity index (χ2n) is 7.40. The zero-order valence-corrected chi connectivity index (χ0v) is 13.3. The van der Waals surface area contributed by atoms with Crippen LogP contribution in [0.3, 0.4) is 0 Å². The second-order valence-corrected chi connectivity index (χ2v) is 7.40. The van der Waals surface area contributed by atoms with E-state index < -0.39 is 5.97 Å². The van der Waals surface area contributed by atoms with Crippen molar-refractivity contribution in [3.8, 4) is 0 Å². The third kappa shape index (κ3) is 2.34. The molecule has 0 radical (unpaired) electrons. The van der Waals surface area contributed by atoms with E-state index in [-0.39, 0.29) is 23.5 Å². The first-order chi connectivity index (χ1) is 10.0. The number of rotatable bonds is 4. The number of carboxylic acid groups (broad SMARTS) is 1. The van der Waals surface area contributed by atoms with Gasteiger partial charge in [0.05, 0.1) is 12.0 Å². The van der Waals surface area contributed by atoms with E-state index in [9.17, 15) is 9.90 Å². The van der Waals surface area contributed by atoms with Gasteiger partial charge >= 0.3 is 5.97 Å². The Morgan fingerprint density at radius 3 is 2.86 bits per heavy atom. The zero-order valence-electron chi connectivity index (χ0n) is 13.3. The fourth-order valence-electron chi connectivity index (χ4n) is 5.39. The van der Waals surface area contributed by atoms with E-state index in [4.69, 9.17) is 4.74 Å². The van der Waals surface area contributed by atoms with Crippen LogP contribution in [0, 0.1) is 23.7 Å². The fraction of sp³-hybridized carbons (Fsp3) is 0.833. The second kappa shape index (κ2) is 5.42. The first-order valence-corrected chi connectivity index (χ1v) is 8.58. The number of epoxide rings is 1. The van der Waals surface area contributed by atoms with Crippen molar-refractivity contribution in [2.45, 2.75) is 70.5 Å². The first-order valence-electron chi connectivity index (χ1n) is 8.58. The van der Waals surface area contributed by atoms with Crippen molar-refractivity contribution in [2.75, 3.05) is 0 Å². The standard InChI is InChI=1S/C18H28O3/c1-4-6-14(17(19)20)16-10-13-9-11(2)7-5-8-15(13)18(16)12(3)21-18/h12-16H,2,4-10H2,1,3H3,(H,19,20)/t12-,13+,14-,15?,16?,18+/m1/s1. The summed E-state index contributed by atoms with van der Waals surface area (Å²) in [4.78, 5) is 11.8. The Morgan fingerprint density at radius 2 is 2.29 bits per heavy atom. The molecule has 0 amide bonds. The maximum Gasteiger partial charge on any atom is 0.306 e. The molecule has 0 aromatic rings. The summed E-state index contributed by atoms with van der Waals surface area (Å²) >= 11 is 0. The van der Waals surface area contributed by atoms with E-state index in [2.05, 4.69) is 20.4 Å². The van der Waals surface area contributed by atoms with E-state index in [1.165, 1.54) is 18.4 Å². The SMILES string of the molecule is C=C1CCCC2[C@@H](C1)CC([C@@H](CCC)C(=O)O)[C@@]21O[C@@H]1C. The minimum absolute atomic E-state index is 0.131. The van der Waals surface area contributed by atoms with Crippen LogP contribution in [0.2, 0.25) is 0 Å². The van der Waals surface area contributed by atoms with Crippen molar-refractivity contribution in [3.05, 3.63) is 12.2 Å². The summed E-state index contributed by atoms with van der Waals surface area (Å²) in [6.07, 6.45) is 7.56. The maximum absolute atomic E-state index is 11.8. The molecular weight excluding hydrogens is 264 g/mol. The Kier molecular flexibility index (Phi) is 3.89. The molecule has 6 atom stereocenters. The Labute approximate surface area is 127 Å². The number of carbonyl (C=O) groups is 1. The summed E-state index contributed by atoms with van der Waals surface area (Å²) < 4.78 is 6.12. The van der Waals surface area contributed by atoms with Gasteiger partial charge in [-0.1, -0.05) is 25.5 Å². The molecule has 2 aliphatic carbocycles. The lowest BCUT2D eigenvalue weighted by molar-refractivity contribution is -0.145. The lowest BCUT2D eigenvalue weighted by atomic mass is 9.76. The highest BCUT2D eigenvalue weighted by Gasteiger charge is 2.70. The van der Waals surface area contributed by atoms with E-state index >= 15 is 0 Å². The van der Waals surface area contributed by atoms with Gasteiger partial charge in [-0.15, -0.1) is 0 Å². The van der Waals surface area contributed by atoms with Gasteiger partial charge in [-0.2, -0.15) is 0 Å². The molecule has 1 N–H and O–H groups in total. The first kappa shape index (κ1) is 15.1. The summed E-state index contributed by atoms with van der Waals surface area (Å²) in [6.45, 7) is 8.42. The molecule has 3 nitrogen and oxygen atoms in total. The Morgan fingerprint density at radius 1 is 1.57 bits per heavy atom. The highest BCUT2D eigenvalue weighted by Crippen LogP contribution is 2.64. The normalized spacial score (nSPS) is 43.4. The molecule has 0 bridgehead atoms. The molecule has 1 spiro atoms. The average Bonchev–Trinajstić information content (AvgIpc) is 3.04. The largest absolute Gasteiger partial charge is 0.481 e. The molecule has 21 heavy (non-hydrogen) atoms. The number of allylic oxidation sites excluding steroid dienone is 1. The van der Waals surface area contributed by atoms with Crippen LogP contribution in [0.1, 0.15) is 58.8 Å². The summed E-state index contributed by atoms with van der Waals surface area (Å²) in [6, 6.07) is 0. The molecule has 2 unspecified atom stereocenters. The predicted molar refractivity (Wildman–Crippen MR) is 82.0 cm³/mol. The van der Waals surface area contributed by atoms with E-state index in [1.54, 1.807) is 0 Å². The van der Waals surface area contributed by atoms with Gasteiger partial charge in [0.1, 0.15) is 5.60 Å². The van der Waals surface area contributed by atoms with Crippen molar-refractivity contribution in [2.24, 2.45) is 23.7 Å². The van der Waals surface area contributed by atoms with E-state index in [1.807, 2.05) is 0 Å². The van der Waals surface area contributed by atoms with Crippen molar-refractivity contribution >= 4 is 5.97 Å². The number of hydrogen-bond acceptors (Lipinski definition) is 2. The molecule has 3 aliphatic rings. The molecule has 3 rings (SSSR count). The zero-order chi connectivity index (χ0) is 15.2. The predicted octanol–water partition coefficient (Wildman–Crippen LogP) is 4.03. The molecule has 0 aromatic carbocycles. The molecule has 1 saturated heterocycles. The van der Waals surface area contributed by atoms with Gasteiger partial charge in [0, 0.05) is 5.92 Å². The lowest BCUT2D eigenvalue weighted by Crippen LogP contribution is -2.36. The van der Waals surface area contributed by atoms with Gasteiger partial charge in [-0.25, -0.2) is 0 Å². The van der Waals surface area contributed by atoms with Crippen LogP contribution in [0.5, 0.6) is 0 Å². The molecule has 1 heterocycles. The van der Waals surface area contributed by atoms with Crippen LogP contribution >= 0.6 is 0 Å². The smallest absolute Gasteiger partial charge is 0.306 e. The fourth-order valence-corrected chi connectivity index (χ4v) is 5.39. The quantitative estimate of drug-likeness (QED) is 0.628. The van der Waals surface area contributed by atoms with Gasteiger partial charge in [0.15, 0.2) is 0 Å². The van der Waals surface area contributed by atoms with Gasteiger partial charge in [0.2, 0.25) is 0 Å². The van der Waals surface area contributed by atoms with Gasteiger partial charge in [-0.3, -0.25) is 4.79 Å². The Bertz CT molecular complexity index is 444. The Hall–Kier alpha value is -0.830. The monoisotopic (exact) mass is 292 g/mol. The molecule has 0 aromatic heterocycles. The van der Waals surface area contributed by atoms with E-state index in [0.29, 0.717) is 11.8 Å². The van der Waals surface area contributed by atoms with Gasteiger partial charge < -0.3 is 9.84 Å². The third-order valence-electron chi connectivity index (χ3n) is 6.24. The highest BCUT2D eigenvalue weighted by atomic mass is 16.6. The summed E-state index contributed by atoms with van der Waals surface area (Å²) in [7, 11) is 0. The van der Waals surface area contributed by atoms with Crippen LogP contribution in [-0.4, -0.2) is 22.8 Å². The number of carboxylic acids is 1. The van der Waals surface area contributed by atoms with Crippen LogP contribution in [0.25, 0.3) is 0 Å². The van der Waals surface area contributed by atoms with Crippen LogP contribution in [0.4, 0.5) is 0 Å². The molecular formula is C18H28O3. The van der Waals surface area contributed by atoms with Crippen molar-refractivity contribution in [1.29, 1.82) is 0 Å². The van der Waals surface area contributed by atoms with E-state index in [0.717, 1.165) is 32.1 Å². The lowest BCUT2D eigenvalue weighted by Gasteiger charge is -2.27. The molecule has 2 saturated carbocycles. The van der Waals surface area contributed by atoms with Crippen LogP contribution < -0.4 is 0 Å². The van der Waals surface area contributed by atoms with Crippen LogP contribution in [0.15, 0.2) is 12.2 Å². The Balaban J connectivity index is 1.88. The minimum Gasteiger partial charge on any atom is -0.481 e. The summed E-state index contributed by atoms with van der Waals surface area (Å²) in [5.41, 5.74) is 1.22. The number of hydrogen-bond donors (Lipinski definition) is 1. The third-order valence-corrected chi connectivity index (χ3v) is 6.24. The minimum atomic E-state index is -0.626. The average molecular weight is 292 g/mol. The summed E-state index contributed by atoms with van der Waals surface area (Å²) in [5, 5.41) is 9.68. The van der Waals surface area contributed by atoms with Gasteiger partial charge in [-0.05, 0) is 57.3 Å². The molecule has 118 valence electrons. The molecule has 3 fully saturated rings. The van der Waals surface area contributed by atoms with Crippen molar-refractivity contribution in [3.63, 3.8) is 0 Å². The van der Waals surface area contributed by atoms with Crippen molar-refractivity contribution < 1.29 is 14.6 Å². The summed E-state index contributed by atoms with van der Waals surface area (Å²) in [5.74, 6) is 0.481. The number of ether oxygens (including phenoxy) is 1. The number of aliphatic carboxylic acids is 1. The molecule has 3 heteroatoms.